The van der Waals surface area contributed by atoms with Crippen molar-refractivity contribution in [3.8, 4) is 0 Å². The Morgan fingerprint density at radius 1 is 1.35 bits per heavy atom. The first kappa shape index (κ1) is 13.3. The second-order valence-corrected chi connectivity index (χ2v) is 5.47. The van der Waals surface area contributed by atoms with Gasteiger partial charge in [0.1, 0.15) is 0 Å². The lowest BCUT2D eigenvalue weighted by molar-refractivity contribution is 1.04. The molecule has 2 heterocycles. The predicted octanol–water partition coefficient (Wildman–Crippen LogP) is 4.05. The molecule has 0 amide bonds. The van der Waals surface area contributed by atoms with Crippen molar-refractivity contribution in [2.24, 2.45) is 4.40 Å². The zero-order valence-corrected chi connectivity index (χ0v) is 12.4. The number of pyridine rings is 1. The molecule has 1 aliphatic heterocycles. The molecular weight excluding hydrogens is 292 g/mol. The predicted molar refractivity (Wildman–Crippen MR) is 85.6 cm³/mol. The van der Waals surface area contributed by atoms with E-state index in [4.69, 9.17) is 11.6 Å². The van der Waals surface area contributed by atoms with Gasteiger partial charge in [-0.1, -0.05) is 11.6 Å². The molecule has 1 N–H and O–H groups in total. The fourth-order valence-electron chi connectivity index (χ4n) is 2.00. The lowest BCUT2D eigenvalue weighted by Crippen LogP contribution is -2.37. The van der Waals surface area contributed by atoms with Crippen LogP contribution in [0.1, 0.15) is 6.92 Å². The molecule has 0 aliphatic carbocycles. The molecule has 3 rings (SSSR count). The Labute approximate surface area is 127 Å². The minimum absolute atomic E-state index is 0.719. The maximum atomic E-state index is 5.99. The third-order valence-corrected chi connectivity index (χ3v) is 3.98. The molecule has 0 spiro atoms. The number of aromatic nitrogens is 1. The third-order valence-electron chi connectivity index (χ3n) is 2.95. The second kappa shape index (κ2) is 5.73. The van der Waals surface area contributed by atoms with E-state index in [9.17, 15) is 0 Å². The van der Waals surface area contributed by atoms with E-state index in [1.807, 2.05) is 36.5 Å². The first-order valence-electron chi connectivity index (χ1n) is 6.27. The van der Waals surface area contributed by atoms with Gasteiger partial charge in [-0.2, -0.15) is 4.40 Å². The summed E-state index contributed by atoms with van der Waals surface area (Å²) in [5.74, 6) is 0.806. The Balaban J connectivity index is 1.89. The second-order valence-electron chi connectivity index (χ2n) is 4.23. The Bertz CT molecular complexity index is 645. The largest absolute Gasteiger partial charge is 0.324 e. The van der Waals surface area contributed by atoms with Gasteiger partial charge in [0.2, 0.25) is 5.96 Å². The van der Waals surface area contributed by atoms with Crippen LogP contribution in [0, 0.1) is 0 Å². The number of halogens is 1. The van der Waals surface area contributed by atoms with Crippen molar-refractivity contribution < 1.29 is 0 Å². The molecule has 1 aromatic carbocycles. The first-order chi connectivity index (χ1) is 9.78. The summed E-state index contributed by atoms with van der Waals surface area (Å²) in [4.78, 5) is 7.27. The number of hydrogen-bond acceptors (Lipinski definition) is 5. The van der Waals surface area contributed by atoms with E-state index in [1.54, 1.807) is 6.20 Å². The highest BCUT2D eigenvalue weighted by molar-refractivity contribution is 7.98. The van der Waals surface area contributed by atoms with Crippen molar-refractivity contribution in [3.05, 3.63) is 47.7 Å². The summed E-state index contributed by atoms with van der Waals surface area (Å²) in [7, 11) is 0. The van der Waals surface area contributed by atoms with E-state index in [2.05, 4.69) is 26.5 Å². The summed E-state index contributed by atoms with van der Waals surface area (Å²) >= 11 is 7.42. The van der Waals surface area contributed by atoms with Crippen LogP contribution >= 0.6 is 23.5 Å². The van der Waals surface area contributed by atoms with Gasteiger partial charge in [0.25, 0.3) is 0 Å². The van der Waals surface area contributed by atoms with Crippen molar-refractivity contribution in [2.75, 3.05) is 16.8 Å². The molecule has 0 saturated heterocycles. The number of nitrogens with one attached hydrogen (secondary N) is 1. The van der Waals surface area contributed by atoms with Crippen LogP contribution in [-0.2, 0) is 0 Å². The minimum Gasteiger partial charge on any atom is -0.324 e. The molecule has 102 valence electrons. The van der Waals surface area contributed by atoms with Crippen LogP contribution in [0.5, 0.6) is 0 Å². The SMILES string of the molecule is CCN(C1=NSc2cc(Cl)ccc2N1)c1cccnc1. The number of fused-ring (bicyclic) bond motifs is 1. The molecule has 6 heteroatoms. The normalized spacial score (nSPS) is 13.2. The van der Waals surface area contributed by atoms with Gasteiger partial charge in [-0.25, -0.2) is 0 Å². The van der Waals surface area contributed by atoms with E-state index in [-0.39, 0.29) is 0 Å². The molecule has 0 radical (unpaired) electrons. The third kappa shape index (κ3) is 2.59. The molecule has 1 aromatic heterocycles. The van der Waals surface area contributed by atoms with Gasteiger partial charge in [0.15, 0.2) is 0 Å². The zero-order chi connectivity index (χ0) is 13.9. The highest BCUT2D eigenvalue weighted by Crippen LogP contribution is 2.35. The number of rotatable bonds is 2. The van der Waals surface area contributed by atoms with E-state index in [0.717, 1.165) is 33.8 Å². The summed E-state index contributed by atoms with van der Waals surface area (Å²) in [6, 6.07) is 9.69. The van der Waals surface area contributed by atoms with Crippen LogP contribution in [-0.4, -0.2) is 17.5 Å². The van der Waals surface area contributed by atoms with E-state index in [1.165, 1.54) is 11.9 Å². The van der Waals surface area contributed by atoms with E-state index >= 15 is 0 Å². The van der Waals surface area contributed by atoms with Gasteiger partial charge in [-0.15, -0.1) is 0 Å². The smallest absolute Gasteiger partial charge is 0.215 e. The van der Waals surface area contributed by atoms with Crippen LogP contribution in [0.4, 0.5) is 11.4 Å². The van der Waals surface area contributed by atoms with Gasteiger partial charge in [0, 0.05) is 29.7 Å². The molecule has 0 unspecified atom stereocenters. The summed E-state index contributed by atoms with van der Waals surface area (Å²) in [6.45, 7) is 2.89. The topological polar surface area (TPSA) is 40.5 Å². The van der Waals surface area contributed by atoms with Crippen molar-refractivity contribution in [1.82, 2.24) is 4.98 Å². The highest BCUT2D eigenvalue weighted by Gasteiger charge is 2.18. The van der Waals surface area contributed by atoms with E-state index in [0.29, 0.717) is 0 Å². The molecule has 4 nitrogen and oxygen atoms in total. The van der Waals surface area contributed by atoms with Crippen molar-refractivity contribution in [2.45, 2.75) is 11.8 Å². The molecule has 1 aliphatic rings. The standard InChI is InChI=1S/C14H13ClN4S/c1-2-19(11-4-3-7-16-9-11)14-17-12-6-5-10(15)8-13(12)20-18-14/h3-9H,2H2,1H3,(H,17,18). The lowest BCUT2D eigenvalue weighted by atomic mass is 10.3. The number of nitrogens with zero attached hydrogens (tertiary/aromatic N) is 3. The molecule has 2 aromatic rings. The molecule has 0 bridgehead atoms. The van der Waals surface area contributed by atoms with Crippen LogP contribution in [0.2, 0.25) is 5.02 Å². The Morgan fingerprint density at radius 3 is 3.00 bits per heavy atom. The van der Waals surface area contributed by atoms with Crippen LogP contribution in [0.25, 0.3) is 0 Å². The molecule has 20 heavy (non-hydrogen) atoms. The molecular formula is C14H13ClN4S. The van der Waals surface area contributed by atoms with Crippen LogP contribution in [0.3, 0.4) is 0 Å². The summed E-state index contributed by atoms with van der Waals surface area (Å²) in [5.41, 5.74) is 2.03. The molecule has 0 saturated carbocycles. The lowest BCUT2D eigenvalue weighted by Gasteiger charge is -2.27. The Hall–Kier alpha value is -1.72. The van der Waals surface area contributed by atoms with E-state index < -0.39 is 0 Å². The molecule has 0 fully saturated rings. The zero-order valence-electron chi connectivity index (χ0n) is 10.9. The van der Waals surface area contributed by atoms with Crippen LogP contribution in [0.15, 0.2) is 52.0 Å². The summed E-state index contributed by atoms with van der Waals surface area (Å²) in [6.07, 6.45) is 3.59. The number of hydrogen-bond donors (Lipinski definition) is 1. The van der Waals surface area contributed by atoms with Gasteiger partial charge < -0.3 is 10.2 Å². The minimum atomic E-state index is 0.719. The Morgan fingerprint density at radius 2 is 2.25 bits per heavy atom. The number of anilines is 2. The van der Waals surface area contributed by atoms with Crippen molar-refractivity contribution in [1.29, 1.82) is 0 Å². The fraction of sp³-hybridized carbons (Fsp3) is 0.143. The van der Waals surface area contributed by atoms with Gasteiger partial charge in [-0.05, 0) is 37.3 Å². The monoisotopic (exact) mass is 304 g/mol. The average molecular weight is 305 g/mol. The fourth-order valence-corrected chi connectivity index (χ4v) is 2.96. The Kier molecular flexibility index (Phi) is 3.80. The first-order valence-corrected chi connectivity index (χ1v) is 7.42. The van der Waals surface area contributed by atoms with Gasteiger partial charge in [0.05, 0.1) is 22.5 Å². The maximum absolute atomic E-state index is 5.99. The molecule has 0 atom stereocenters. The summed E-state index contributed by atoms with van der Waals surface area (Å²) in [5, 5.41) is 4.06. The number of benzene rings is 1. The maximum Gasteiger partial charge on any atom is 0.215 e. The average Bonchev–Trinajstić information content (AvgIpc) is 2.49. The van der Waals surface area contributed by atoms with Crippen molar-refractivity contribution >= 4 is 40.9 Å². The highest BCUT2D eigenvalue weighted by atomic mass is 35.5. The summed E-state index contributed by atoms with van der Waals surface area (Å²) < 4.78 is 4.52. The van der Waals surface area contributed by atoms with Crippen LogP contribution < -0.4 is 10.2 Å². The van der Waals surface area contributed by atoms with Gasteiger partial charge in [-0.3, -0.25) is 4.98 Å². The van der Waals surface area contributed by atoms with Gasteiger partial charge >= 0.3 is 0 Å². The van der Waals surface area contributed by atoms with Crippen molar-refractivity contribution in [3.63, 3.8) is 0 Å². The number of guanidine groups is 1. The quantitative estimate of drug-likeness (QED) is 0.850.